The third-order valence-corrected chi connectivity index (χ3v) is 3.72. The van der Waals surface area contributed by atoms with Crippen molar-refractivity contribution < 1.29 is 0 Å². The molecule has 0 unspecified atom stereocenters. The van der Waals surface area contributed by atoms with Gasteiger partial charge in [-0.15, -0.1) is 10.2 Å². The largest absolute Gasteiger partial charge is 0.312 e. The van der Waals surface area contributed by atoms with Gasteiger partial charge in [-0.1, -0.05) is 23.9 Å². The van der Waals surface area contributed by atoms with Crippen LogP contribution in [0.1, 0.15) is 5.82 Å². The number of aromatic amines is 1. The van der Waals surface area contributed by atoms with E-state index in [0.29, 0.717) is 22.5 Å². The highest BCUT2D eigenvalue weighted by Crippen LogP contribution is 2.18. The third kappa shape index (κ3) is 2.37. The standard InChI is InChI=1S/C12H11N5OS/c1-17-7-13-16-12(17)19-6-10-14-9-5-3-2-4-8(9)11(18)15-10/h2-5,7H,6H2,1H3,(H,14,15,18). The molecule has 0 aliphatic rings. The molecule has 0 bridgehead atoms. The van der Waals surface area contributed by atoms with E-state index in [0.717, 1.165) is 5.16 Å². The van der Waals surface area contributed by atoms with Crippen LogP contribution < -0.4 is 5.56 Å². The SMILES string of the molecule is Cn1cnnc1SCc1nc2ccccc2c(=O)[nH]1. The molecular weight excluding hydrogens is 262 g/mol. The zero-order valence-corrected chi connectivity index (χ0v) is 11.0. The highest BCUT2D eigenvalue weighted by atomic mass is 32.2. The first kappa shape index (κ1) is 11.9. The van der Waals surface area contributed by atoms with Crippen LogP contribution in [0.2, 0.25) is 0 Å². The minimum atomic E-state index is -0.112. The van der Waals surface area contributed by atoms with Crippen LogP contribution in [0, 0.1) is 0 Å². The summed E-state index contributed by atoms with van der Waals surface area (Å²) in [6, 6.07) is 7.30. The summed E-state index contributed by atoms with van der Waals surface area (Å²) in [5.41, 5.74) is 0.596. The highest BCUT2D eigenvalue weighted by Gasteiger charge is 2.06. The number of benzene rings is 1. The first-order valence-electron chi connectivity index (χ1n) is 5.69. The predicted octanol–water partition coefficient (Wildman–Crippen LogP) is 1.34. The van der Waals surface area contributed by atoms with E-state index in [4.69, 9.17) is 0 Å². The Labute approximate surface area is 112 Å². The van der Waals surface area contributed by atoms with Crippen LogP contribution in [-0.4, -0.2) is 24.7 Å². The number of nitrogens with zero attached hydrogens (tertiary/aromatic N) is 4. The van der Waals surface area contributed by atoms with Gasteiger partial charge in [-0.05, 0) is 12.1 Å². The van der Waals surface area contributed by atoms with Gasteiger partial charge in [0.05, 0.1) is 16.7 Å². The van der Waals surface area contributed by atoms with Crippen LogP contribution in [0.15, 0.2) is 40.5 Å². The molecule has 0 aliphatic heterocycles. The number of para-hydroxylation sites is 1. The maximum atomic E-state index is 11.9. The fourth-order valence-corrected chi connectivity index (χ4v) is 2.50. The van der Waals surface area contributed by atoms with E-state index in [1.54, 1.807) is 12.4 Å². The van der Waals surface area contributed by atoms with Crippen LogP contribution in [0.3, 0.4) is 0 Å². The van der Waals surface area contributed by atoms with Crippen molar-refractivity contribution in [2.75, 3.05) is 0 Å². The quantitative estimate of drug-likeness (QED) is 0.729. The highest BCUT2D eigenvalue weighted by molar-refractivity contribution is 7.98. The molecule has 0 fully saturated rings. The topological polar surface area (TPSA) is 76.5 Å². The Kier molecular flexibility index (Phi) is 3.04. The Morgan fingerprint density at radius 3 is 3.00 bits per heavy atom. The Morgan fingerprint density at radius 2 is 2.21 bits per heavy atom. The number of H-pyrrole nitrogens is 1. The second kappa shape index (κ2) is 4.85. The van der Waals surface area contributed by atoms with Gasteiger partial charge in [0.2, 0.25) is 0 Å². The Hall–Kier alpha value is -2.15. The summed E-state index contributed by atoms with van der Waals surface area (Å²) in [5.74, 6) is 1.18. The molecule has 96 valence electrons. The molecule has 0 saturated carbocycles. The van der Waals surface area contributed by atoms with E-state index in [2.05, 4.69) is 20.2 Å². The molecule has 0 amide bonds. The first-order valence-corrected chi connectivity index (χ1v) is 6.67. The first-order chi connectivity index (χ1) is 9.24. The van der Waals surface area contributed by atoms with Crippen LogP contribution >= 0.6 is 11.8 Å². The molecular formula is C12H11N5OS. The molecule has 2 aromatic heterocycles. The van der Waals surface area contributed by atoms with Crippen molar-refractivity contribution in [1.29, 1.82) is 0 Å². The monoisotopic (exact) mass is 273 g/mol. The fraction of sp³-hybridized carbons (Fsp3) is 0.167. The molecule has 3 aromatic rings. The lowest BCUT2D eigenvalue weighted by molar-refractivity contribution is 0.787. The number of rotatable bonds is 3. The fourth-order valence-electron chi connectivity index (χ4n) is 1.74. The maximum absolute atomic E-state index is 11.9. The minimum absolute atomic E-state index is 0.112. The third-order valence-electron chi connectivity index (χ3n) is 2.67. The van der Waals surface area contributed by atoms with Crippen LogP contribution in [-0.2, 0) is 12.8 Å². The van der Waals surface area contributed by atoms with E-state index in [1.807, 2.05) is 29.8 Å². The molecule has 0 saturated heterocycles. The van der Waals surface area contributed by atoms with E-state index in [9.17, 15) is 4.79 Å². The van der Waals surface area contributed by atoms with Gasteiger partial charge in [-0.2, -0.15) is 0 Å². The lowest BCUT2D eigenvalue weighted by atomic mass is 10.2. The van der Waals surface area contributed by atoms with Gasteiger partial charge in [0.15, 0.2) is 5.16 Å². The summed E-state index contributed by atoms with van der Waals surface area (Å²) in [5, 5.41) is 9.17. The van der Waals surface area contributed by atoms with Gasteiger partial charge in [-0.3, -0.25) is 4.79 Å². The van der Waals surface area contributed by atoms with Crippen LogP contribution in [0.4, 0.5) is 0 Å². The predicted molar refractivity (Wildman–Crippen MR) is 72.9 cm³/mol. The summed E-state index contributed by atoms with van der Waals surface area (Å²) < 4.78 is 1.82. The Bertz CT molecular complexity index is 779. The van der Waals surface area contributed by atoms with Gasteiger partial charge in [-0.25, -0.2) is 4.98 Å². The van der Waals surface area contributed by atoms with E-state index >= 15 is 0 Å². The lowest BCUT2D eigenvalue weighted by Crippen LogP contribution is -2.11. The lowest BCUT2D eigenvalue weighted by Gasteiger charge is -2.02. The van der Waals surface area contributed by atoms with Crippen LogP contribution in [0.5, 0.6) is 0 Å². The van der Waals surface area contributed by atoms with Gasteiger partial charge in [0.1, 0.15) is 12.2 Å². The van der Waals surface area contributed by atoms with Crippen molar-refractivity contribution in [3.63, 3.8) is 0 Å². The van der Waals surface area contributed by atoms with Crippen LogP contribution in [0.25, 0.3) is 10.9 Å². The van der Waals surface area contributed by atoms with Gasteiger partial charge >= 0.3 is 0 Å². The molecule has 1 N–H and O–H groups in total. The molecule has 0 radical (unpaired) electrons. The van der Waals surface area contributed by atoms with E-state index in [-0.39, 0.29) is 5.56 Å². The number of fused-ring (bicyclic) bond motifs is 1. The molecule has 3 rings (SSSR count). The number of nitrogens with one attached hydrogen (secondary N) is 1. The van der Waals surface area contributed by atoms with Gasteiger partial charge < -0.3 is 9.55 Å². The Morgan fingerprint density at radius 1 is 1.37 bits per heavy atom. The number of thioether (sulfide) groups is 1. The number of aryl methyl sites for hydroxylation is 1. The summed E-state index contributed by atoms with van der Waals surface area (Å²) in [6.07, 6.45) is 1.64. The second-order valence-electron chi connectivity index (χ2n) is 4.04. The Balaban J connectivity index is 1.90. The van der Waals surface area contributed by atoms with Gasteiger partial charge in [0.25, 0.3) is 5.56 Å². The summed E-state index contributed by atoms with van der Waals surface area (Å²) in [4.78, 5) is 19.1. The number of aromatic nitrogens is 5. The van der Waals surface area contributed by atoms with Crippen molar-refractivity contribution >= 4 is 22.7 Å². The molecule has 1 aromatic carbocycles. The van der Waals surface area contributed by atoms with Crippen molar-refractivity contribution in [2.24, 2.45) is 7.05 Å². The summed E-state index contributed by atoms with van der Waals surface area (Å²) >= 11 is 1.48. The van der Waals surface area contributed by atoms with Crippen molar-refractivity contribution in [3.05, 3.63) is 46.8 Å². The van der Waals surface area contributed by atoms with E-state index in [1.165, 1.54) is 11.8 Å². The van der Waals surface area contributed by atoms with Crippen molar-refractivity contribution in [1.82, 2.24) is 24.7 Å². The average Bonchev–Trinajstić information content (AvgIpc) is 2.82. The van der Waals surface area contributed by atoms with Crippen molar-refractivity contribution in [3.8, 4) is 0 Å². The average molecular weight is 273 g/mol. The smallest absolute Gasteiger partial charge is 0.258 e. The summed E-state index contributed by atoms with van der Waals surface area (Å²) in [7, 11) is 1.87. The molecule has 19 heavy (non-hydrogen) atoms. The molecule has 0 spiro atoms. The molecule has 7 heteroatoms. The molecule has 0 aliphatic carbocycles. The number of hydrogen-bond acceptors (Lipinski definition) is 5. The minimum Gasteiger partial charge on any atom is -0.312 e. The maximum Gasteiger partial charge on any atom is 0.258 e. The zero-order chi connectivity index (χ0) is 13.2. The second-order valence-corrected chi connectivity index (χ2v) is 4.99. The summed E-state index contributed by atoms with van der Waals surface area (Å²) in [6.45, 7) is 0. The molecule has 2 heterocycles. The molecule has 0 atom stereocenters. The molecule has 6 nitrogen and oxygen atoms in total. The van der Waals surface area contributed by atoms with Crippen molar-refractivity contribution in [2.45, 2.75) is 10.9 Å². The van der Waals surface area contributed by atoms with E-state index < -0.39 is 0 Å². The normalized spacial score (nSPS) is 11.0. The number of hydrogen-bond donors (Lipinski definition) is 1. The van der Waals surface area contributed by atoms with Gasteiger partial charge in [0, 0.05) is 7.05 Å². The zero-order valence-electron chi connectivity index (χ0n) is 10.2.